The highest BCUT2D eigenvalue weighted by atomic mass is 32.2. The third kappa shape index (κ3) is 7.05. The van der Waals surface area contributed by atoms with Gasteiger partial charge in [0, 0.05) is 13.0 Å². The summed E-state index contributed by atoms with van der Waals surface area (Å²) in [4.78, 5) is 14.7. The summed E-state index contributed by atoms with van der Waals surface area (Å²) < 4.78 is 25.6. The molecule has 0 bridgehead atoms. The number of carbonyl (C=O) groups is 1. The Balaban J connectivity index is 1.64. The Bertz CT molecular complexity index is 651. The van der Waals surface area contributed by atoms with Crippen LogP contribution in [-0.4, -0.2) is 52.5 Å². The number of rotatable bonds is 9. The molecule has 146 valence electrons. The first-order valence-corrected chi connectivity index (χ1v) is 11.0. The van der Waals surface area contributed by atoms with Gasteiger partial charge in [0.05, 0.1) is 4.90 Å². The molecule has 1 aromatic carbocycles. The number of aryl methyl sites for hydroxylation is 1. The molecule has 0 radical (unpaired) electrons. The van der Waals surface area contributed by atoms with E-state index < -0.39 is 10.0 Å². The van der Waals surface area contributed by atoms with Crippen LogP contribution in [0.1, 0.15) is 44.1 Å². The molecule has 1 fully saturated rings. The van der Waals surface area contributed by atoms with Gasteiger partial charge >= 0.3 is 0 Å². The van der Waals surface area contributed by atoms with Gasteiger partial charge in [-0.2, -0.15) is 0 Å². The van der Waals surface area contributed by atoms with Crippen LogP contribution in [0, 0.1) is 0 Å². The van der Waals surface area contributed by atoms with E-state index in [0.717, 1.165) is 18.5 Å². The van der Waals surface area contributed by atoms with Crippen molar-refractivity contribution in [3.05, 3.63) is 29.8 Å². The number of carbonyl (C=O) groups excluding carboxylic acids is 1. The van der Waals surface area contributed by atoms with Crippen molar-refractivity contribution in [2.24, 2.45) is 0 Å². The van der Waals surface area contributed by atoms with E-state index in [1.165, 1.54) is 45.8 Å². The third-order valence-corrected chi connectivity index (χ3v) is 6.25. The van der Waals surface area contributed by atoms with Crippen LogP contribution in [-0.2, 0) is 21.2 Å². The summed E-state index contributed by atoms with van der Waals surface area (Å²) in [6.45, 7) is 4.15. The number of benzene rings is 1. The lowest BCUT2D eigenvalue weighted by Crippen LogP contribution is -2.30. The zero-order chi connectivity index (χ0) is 18.8. The number of hydrogen-bond acceptors (Lipinski definition) is 4. The molecule has 6 nitrogen and oxygen atoms in total. The van der Waals surface area contributed by atoms with Crippen LogP contribution in [0.3, 0.4) is 0 Å². The summed E-state index contributed by atoms with van der Waals surface area (Å²) in [5.74, 6) is 0.0489. The van der Waals surface area contributed by atoms with Gasteiger partial charge in [-0.3, -0.25) is 4.79 Å². The highest BCUT2D eigenvalue weighted by Crippen LogP contribution is 2.12. The van der Waals surface area contributed by atoms with E-state index in [0.29, 0.717) is 19.4 Å². The minimum Gasteiger partial charge on any atom is -0.356 e. The van der Waals surface area contributed by atoms with Crippen LogP contribution in [0.15, 0.2) is 29.2 Å². The summed E-state index contributed by atoms with van der Waals surface area (Å²) in [5.41, 5.74) is 0.958. The predicted octanol–water partition coefficient (Wildman–Crippen LogP) is 1.91. The first-order valence-electron chi connectivity index (χ1n) is 9.53. The highest BCUT2D eigenvalue weighted by molar-refractivity contribution is 7.89. The minimum absolute atomic E-state index is 0.0489. The fourth-order valence-corrected chi connectivity index (χ4v) is 3.92. The molecule has 1 aromatic rings. The minimum atomic E-state index is -3.41. The number of likely N-dealkylation sites (tertiary alicyclic amines) is 1. The molecule has 0 unspecified atom stereocenters. The van der Waals surface area contributed by atoms with E-state index in [1.54, 1.807) is 24.3 Å². The van der Waals surface area contributed by atoms with Crippen LogP contribution in [0.5, 0.6) is 0 Å². The van der Waals surface area contributed by atoms with Crippen molar-refractivity contribution < 1.29 is 13.2 Å². The van der Waals surface area contributed by atoms with Gasteiger partial charge in [-0.05, 0) is 70.1 Å². The molecule has 26 heavy (non-hydrogen) atoms. The van der Waals surface area contributed by atoms with Crippen LogP contribution in [0.4, 0.5) is 0 Å². The first kappa shape index (κ1) is 20.9. The van der Waals surface area contributed by atoms with Crippen LogP contribution in [0.2, 0.25) is 0 Å². The second-order valence-electron chi connectivity index (χ2n) is 6.81. The van der Waals surface area contributed by atoms with E-state index in [4.69, 9.17) is 0 Å². The average Bonchev–Trinajstić information content (AvgIpc) is 2.93. The Labute approximate surface area is 157 Å². The molecule has 0 aromatic heterocycles. The number of nitrogens with one attached hydrogen (secondary N) is 2. The van der Waals surface area contributed by atoms with Gasteiger partial charge in [0.2, 0.25) is 15.9 Å². The Morgan fingerprint density at radius 2 is 1.73 bits per heavy atom. The standard InChI is InChI=1S/C19H31N3O3S/c1-20-26(24,25)18-10-7-17(8-11-18)9-12-19(23)21-13-6-16-22-14-4-2-3-5-15-22/h7-8,10-11,20H,2-6,9,12-16H2,1H3,(H,21,23). The first-order chi connectivity index (χ1) is 12.5. The van der Waals surface area contributed by atoms with Gasteiger partial charge < -0.3 is 10.2 Å². The van der Waals surface area contributed by atoms with Crippen molar-refractivity contribution in [2.45, 2.75) is 49.8 Å². The Hall–Kier alpha value is -1.44. The lowest BCUT2D eigenvalue weighted by atomic mass is 10.1. The second-order valence-corrected chi connectivity index (χ2v) is 8.70. The number of amides is 1. The highest BCUT2D eigenvalue weighted by Gasteiger charge is 2.11. The number of hydrogen-bond donors (Lipinski definition) is 2. The maximum Gasteiger partial charge on any atom is 0.240 e. The Kier molecular flexibility index (Phi) is 8.54. The molecule has 0 saturated carbocycles. The van der Waals surface area contributed by atoms with E-state index in [-0.39, 0.29) is 10.8 Å². The van der Waals surface area contributed by atoms with E-state index in [2.05, 4.69) is 14.9 Å². The monoisotopic (exact) mass is 381 g/mol. The van der Waals surface area contributed by atoms with Crippen molar-refractivity contribution in [3.8, 4) is 0 Å². The average molecular weight is 382 g/mol. The Morgan fingerprint density at radius 1 is 1.08 bits per heavy atom. The van der Waals surface area contributed by atoms with Crippen molar-refractivity contribution in [3.63, 3.8) is 0 Å². The molecule has 7 heteroatoms. The lowest BCUT2D eigenvalue weighted by molar-refractivity contribution is -0.121. The summed E-state index contributed by atoms with van der Waals surface area (Å²) in [6.07, 6.45) is 7.29. The van der Waals surface area contributed by atoms with Crippen molar-refractivity contribution >= 4 is 15.9 Å². The lowest BCUT2D eigenvalue weighted by Gasteiger charge is -2.19. The van der Waals surface area contributed by atoms with Gasteiger partial charge in [0.25, 0.3) is 0 Å². The van der Waals surface area contributed by atoms with Gasteiger partial charge in [-0.15, -0.1) is 0 Å². The zero-order valence-electron chi connectivity index (χ0n) is 15.7. The molecule has 1 aliphatic rings. The zero-order valence-corrected chi connectivity index (χ0v) is 16.5. The molecule has 1 aliphatic heterocycles. The molecular formula is C19H31N3O3S. The number of nitrogens with zero attached hydrogens (tertiary/aromatic N) is 1. The van der Waals surface area contributed by atoms with Gasteiger partial charge in [0.1, 0.15) is 0 Å². The molecule has 1 heterocycles. The topological polar surface area (TPSA) is 78.5 Å². The largest absolute Gasteiger partial charge is 0.356 e. The maximum atomic E-state index is 12.0. The van der Waals surface area contributed by atoms with Gasteiger partial charge in [-0.25, -0.2) is 13.1 Å². The van der Waals surface area contributed by atoms with Crippen molar-refractivity contribution in [2.75, 3.05) is 33.2 Å². The smallest absolute Gasteiger partial charge is 0.240 e. The molecular weight excluding hydrogens is 350 g/mol. The predicted molar refractivity (Wildman–Crippen MR) is 104 cm³/mol. The summed E-state index contributed by atoms with van der Waals surface area (Å²) in [7, 11) is -2.02. The Morgan fingerprint density at radius 3 is 2.35 bits per heavy atom. The molecule has 2 N–H and O–H groups in total. The summed E-state index contributed by atoms with van der Waals surface area (Å²) in [6, 6.07) is 6.66. The van der Waals surface area contributed by atoms with Crippen LogP contribution in [0.25, 0.3) is 0 Å². The van der Waals surface area contributed by atoms with Crippen molar-refractivity contribution in [1.82, 2.24) is 14.9 Å². The van der Waals surface area contributed by atoms with Gasteiger partial charge in [-0.1, -0.05) is 25.0 Å². The van der Waals surface area contributed by atoms with E-state index in [9.17, 15) is 13.2 Å². The molecule has 1 saturated heterocycles. The van der Waals surface area contributed by atoms with E-state index >= 15 is 0 Å². The SMILES string of the molecule is CNS(=O)(=O)c1ccc(CCC(=O)NCCCN2CCCCCC2)cc1. The molecule has 0 spiro atoms. The number of sulfonamides is 1. The molecule has 1 amide bonds. The summed E-state index contributed by atoms with van der Waals surface area (Å²) >= 11 is 0. The fraction of sp³-hybridized carbons (Fsp3) is 0.632. The second kappa shape index (κ2) is 10.6. The summed E-state index contributed by atoms with van der Waals surface area (Å²) in [5, 5.41) is 2.98. The quantitative estimate of drug-likeness (QED) is 0.641. The van der Waals surface area contributed by atoms with Gasteiger partial charge in [0.15, 0.2) is 0 Å². The molecule has 0 atom stereocenters. The fourth-order valence-electron chi connectivity index (χ4n) is 3.19. The van der Waals surface area contributed by atoms with Crippen LogP contribution >= 0.6 is 0 Å². The van der Waals surface area contributed by atoms with Crippen molar-refractivity contribution in [1.29, 1.82) is 0 Å². The molecule has 0 aliphatic carbocycles. The van der Waals surface area contributed by atoms with E-state index in [1.807, 2.05) is 0 Å². The molecule has 2 rings (SSSR count). The van der Waals surface area contributed by atoms with Crippen LogP contribution < -0.4 is 10.0 Å². The normalized spacial score (nSPS) is 16.2. The third-order valence-electron chi connectivity index (χ3n) is 4.82. The maximum absolute atomic E-state index is 12.0.